The molecule has 0 radical (unpaired) electrons. The number of allylic oxidation sites excluding steroid dienone is 3. The van der Waals surface area contributed by atoms with Crippen LogP contribution in [0.1, 0.15) is 76.9 Å². The number of aliphatic hydroxyl groups is 1. The van der Waals surface area contributed by atoms with Crippen LogP contribution in [-0.2, 0) is 6.42 Å². The fourth-order valence-electron chi connectivity index (χ4n) is 2.61. The third-order valence-electron chi connectivity index (χ3n) is 4.06. The minimum Gasteiger partial charge on any atom is -0.469 e. The van der Waals surface area contributed by atoms with Crippen LogP contribution in [0.5, 0.6) is 0 Å². The summed E-state index contributed by atoms with van der Waals surface area (Å²) in [6.45, 7) is 2.18. The SMILES string of the molecule is CCCCCC(O)/C=C/C=C/CCCCCCCc1ccco1. The Kier molecular flexibility index (Phi) is 12.3. The molecule has 1 rings (SSSR count). The highest BCUT2D eigenvalue weighted by atomic mass is 16.3. The van der Waals surface area contributed by atoms with Gasteiger partial charge in [-0.2, -0.15) is 0 Å². The molecule has 1 unspecified atom stereocenters. The van der Waals surface area contributed by atoms with Crippen molar-refractivity contribution < 1.29 is 9.52 Å². The van der Waals surface area contributed by atoms with Crippen LogP contribution >= 0.6 is 0 Å². The van der Waals surface area contributed by atoms with Crippen molar-refractivity contribution in [2.24, 2.45) is 0 Å². The number of unbranched alkanes of at least 4 members (excludes halogenated alkanes) is 7. The van der Waals surface area contributed by atoms with Gasteiger partial charge in [0, 0.05) is 6.42 Å². The Bertz CT molecular complexity index is 403. The first-order chi connectivity index (χ1) is 11.3. The Hall–Kier alpha value is -1.28. The molecule has 0 fully saturated rings. The van der Waals surface area contributed by atoms with E-state index in [1.165, 1.54) is 44.9 Å². The Morgan fingerprint density at radius 2 is 1.87 bits per heavy atom. The van der Waals surface area contributed by atoms with E-state index in [4.69, 9.17) is 4.42 Å². The highest BCUT2D eigenvalue weighted by molar-refractivity contribution is 5.04. The molecule has 1 aromatic heterocycles. The lowest BCUT2D eigenvalue weighted by molar-refractivity contribution is 0.208. The number of aliphatic hydroxyl groups excluding tert-OH is 1. The third kappa shape index (κ3) is 11.9. The minimum atomic E-state index is -0.277. The van der Waals surface area contributed by atoms with E-state index in [1.807, 2.05) is 18.2 Å². The van der Waals surface area contributed by atoms with E-state index in [2.05, 4.69) is 25.1 Å². The van der Waals surface area contributed by atoms with Gasteiger partial charge in [0.25, 0.3) is 0 Å². The van der Waals surface area contributed by atoms with Crippen molar-refractivity contribution in [3.05, 3.63) is 48.5 Å². The molecule has 1 aromatic rings. The van der Waals surface area contributed by atoms with Crippen LogP contribution in [0.15, 0.2) is 47.1 Å². The van der Waals surface area contributed by atoms with Crippen molar-refractivity contribution in [1.82, 2.24) is 0 Å². The van der Waals surface area contributed by atoms with E-state index in [1.54, 1.807) is 6.26 Å². The maximum absolute atomic E-state index is 9.74. The standard InChI is InChI=1S/C21H34O2/c1-2-3-11-15-20(22)16-12-9-7-5-4-6-8-10-13-17-21-18-14-19-23-21/h7,9,12,14,16,18-20,22H,2-6,8,10-11,13,15,17H2,1H3/b9-7+,16-12+. The summed E-state index contributed by atoms with van der Waals surface area (Å²) < 4.78 is 5.33. The second-order valence-electron chi connectivity index (χ2n) is 6.26. The van der Waals surface area contributed by atoms with E-state index in [9.17, 15) is 5.11 Å². The molecule has 0 aromatic carbocycles. The summed E-state index contributed by atoms with van der Waals surface area (Å²) >= 11 is 0. The van der Waals surface area contributed by atoms with Crippen LogP contribution in [0, 0.1) is 0 Å². The van der Waals surface area contributed by atoms with Gasteiger partial charge < -0.3 is 9.52 Å². The predicted molar refractivity (Wildman–Crippen MR) is 98.5 cm³/mol. The summed E-state index contributed by atoms with van der Waals surface area (Å²) in [5.41, 5.74) is 0. The van der Waals surface area contributed by atoms with E-state index < -0.39 is 0 Å². The molecule has 0 spiro atoms. The van der Waals surface area contributed by atoms with Gasteiger partial charge >= 0.3 is 0 Å². The van der Waals surface area contributed by atoms with Gasteiger partial charge in [0.2, 0.25) is 0 Å². The Balaban J connectivity index is 1.87. The zero-order chi connectivity index (χ0) is 16.6. The minimum absolute atomic E-state index is 0.277. The molecule has 0 amide bonds. The van der Waals surface area contributed by atoms with E-state index in [0.717, 1.165) is 31.4 Å². The van der Waals surface area contributed by atoms with Gasteiger partial charge in [0.15, 0.2) is 0 Å². The van der Waals surface area contributed by atoms with Crippen LogP contribution in [0.3, 0.4) is 0 Å². The molecule has 0 aliphatic carbocycles. The number of hydrogen-bond donors (Lipinski definition) is 1. The summed E-state index contributed by atoms with van der Waals surface area (Å²) in [6.07, 6.45) is 22.6. The van der Waals surface area contributed by atoms with Crippen molar-refractivity contribution in [3.63, 3.8) is 0 Å². The molecule has 0 saturated carbocycles. The first kappa shape index (κ1) is 19.8. The average Bonchev–Trinajstić information content (AvgIpc) is 3.06. The molecular weight excluding hydrogens is 284 g/mol. The van der Waals surface area contributed by atoms with Crippen LogP contribution in [0.25, 0.3) is 0 Å². The maximum Gasteiger partial charge on any atom is 0.103 e. The van der Waals surface area contributed by atoms with Crippen molar-refractivity contribution in [3.8, 4) is 0 Å². The molecule has 23 heavy (non-hydrogen) atoms. The topological polar surface area (TPSA) is 33.4 Å². The zero-order valence-electron chi connectivity index (χ0n) is 14.8. The number of hydrogen-bond acceptors (Lipinski definition) is 2. The summed E-state index contributed by atoms with van der Waals surface area (Å²) in [5.74, 6) is 1.11. The fraction of sp³-hybridized carbons (Fsp3) is 0.619. The lowest BCUT2D eigenvalue weighted by Gasteiger charge is -2.03. The number of rotatable bonds is 14. The summed E-state index contributed by atoms with van der Waals surface area (Å²) in [5, 5.41) is 9.74. The third-order valence-corrected chi connectivity index (χ3v) is 4.06. The van der Waals surface area contributed by atoms with Crippen molar-refractivity contribution in [2.75, 3.05) is 0 Å². The first-order valence-electron chi connectivity index (χ1n) is 9.36. The van der Waals surface area contributed by atoms with Gasteiger partial charge in [0.05, 0.1) is 12.4 Å². The molecule has 1 heterocycles. The van der Waals surface area contributed by atoms with Gasteiger partial charge in [-0.1, -0.05) is 69.8 Å². The Labute approximate surface area is 142 Å². The molecule has 2 heteroatoms. The van der Waals surface area contributed by atoms with Crippen LogP contribution in [0.4, 0.5) is 0 Å². The average molecular weight is 319 g/mol. The van der Waals surface area contributed by atoms with E-state index in [0.29, 0.717) is 0 Å². The monoisotopic (exact) mass is 318 g/mol. The molecular formula is C21H34O2. The van der Waals surface area contributed by atoms with Crippen molar-refractivity contribution in [1.29, 1.82) is 0 Å². The zero-order valence-corrected chi connectivity index (χ0v) is 14.8. The number of furan rings is 1. The molecule has 0 aliphatic rings. The maximum atomic E-state index is 9.74. The fourth-order valence-corrected chi connectivity index (χ4v) is 2.61. The first-order valence-corrected chi connectivity index (χ1v) is 9.36. The lowest BCUT2D eigenvalue weighted by Crippen LogP contribution is -2.00. The van der Waals surface area contributed by atoms with E-state index >= 15 is 0 Å². The highest BCUT2D eigenvalue weighted by Crippen LogP contribution is 2.10. The molecule has 0 bridgehead atoms. The largest absolute Gasteiger partial charge is 0.469 e. The highest BCUT2D eigenvalue weighted by Gasteiger charge is 1.97. The van der Waals surface area contributed by atoms with Crippen LogP contribution in [-0.4, -0.2) is 11.2 Å². The van der Waals surface area contributed by atoms with Gasteiger partial charge in [-0.3, -0.25) is 0 Å². The molecule has 2 nitrogen and oxygen atoms in total. The van der Waals surface area contributed by atoms with Gasteiger partial charge in [-0.15, -0.1) is 0 Å². The molecule has 0 saturated heterocycles. The summed E-state index contributed by atoms with van der Waals surface area (Å²) in [4.78, 5) is 0. The second-order valence-corrected chi connectivity index (χ2v) is 6.26. The van der Waals surface area contributed by atoms with Gasteiger partial charge in [-0.05, 0) is 37.8 Å². The summed E-state index contributed by atoms with van der Waals surface area (Å²) in [7, 11) is 0. The molecule has 130 valence electrons. The molecule has 1 N–H and O–H groups in total. The van der Waals surface area contributed by atoms with Crippen molar-refractivity contribution in [2.45, 2.75) is 83.7 Å². The van der Waals surface area contributed by atoms with Crippen molar-refractivity contribution >= 4 is 0 Å². The summed E-state index contributed by atoms with van der Waals surface area (Å²) in [6, 6.07) is 4.01. The number of aryl methyl sites for hydroxylation is 1. The lowest BCUT2D eigenvalue weighted by atomic mass is 10.1. The van der Waals surface area contributed by atoms with Gasteiger partial charge in [-0.25, -0.2) is 0 Å². The smallest absolute Gasteiger partial charge is 0.103 e. The van der Waals surface area contributed by atoms with E-state index in [-0.39, 0.29) is 6.10 Å². The second kappa shape index (κ2) is 14.3. The molecule has 0 aliphatic heterocycles. The normalized spacial score (nSPS) is 13.3. The van der Waals surface area contributed by atoms with Gasteiger partial charge in [0.1, 0.15) is 5.76 Å². The Morgan fingerprint density at radius 1 is 1.04 bits per heavy atom. The molecule has 1 atom stereocenters. The Morgan fingerprint density at radius 3 is 2.65 bits per heavy atom. The van der Waals surface area contributed by atoms with Crippen LogP contribution in [0.2, 0.25) is 0 Å². The van der Waals surface area contributed by atoms with Crippen LogP contribution < -0.4 is 0 Å². The predicted octanol–water partition coefficient (Wildman–Crippen LogP) is 6.22. The quantitative estimate of drug-likeness (QED) is 0.326.